The van der Waals surface area contributed by atoms with Crippen molar-refractivity contribution in [3.05, 3.63) is 88.4 Å². The smallest absolute Gasteiger partial charge is 0.196 e. The second-order valence-electron chi connectivity index (χ2n) is 7.33. The van der Waals surface area contributed by atoms with Crippen LogP contribution in [0.15, 0.2) is 76.4 Å². The van der Waals surface area contributed by atoms with E-state index >= 15 is 0 Å². The van der Waals surface area contributed by atoms with Crippen LogP contribution in [-0.4, -0.2) is 32.4 Å². The monoisotopic (exact) mass is 543 g/mol. The van der Waals surface area contributed by atoms with Gasteiger partial charge in [0.05, 0.1) is 11.9 Å². The van der Waals surface area contributed by atoms with Crippen LogP contribution < -0.4 is 4.74 Å². The molecule has 0 spiro atoms. The lowest BCUT2D eigenvalue weighted by Gasteiger charge is -2.14. The zero-order valence-corrected chi connectivity index (χ0v) is 20.7. The van der Waals surface area contributed by atoms with Gasteiger partial charge in [0.25, 0.3) is 0 Å². The number of ketones is 1. The summed E-state index contributed by atoms with van der Waals surface area (Å²) < 4.78 is 35.3. The van der Waals surface area contributed by atoms with Gasteiger partial charge in [0.2, 0.25) is 0 Å². The molecule has 0 unspecified atom stereocenters. The molecule has 1 atom stereocenters. The molecule has 1 heterocycles. The first-order valence-electron chi connectivity index (χ1n) is 10.5. The average molecular weight is 544 g/mol. The number of halogens is 3. The first kappa shape index (κ1) is 24.1. The topological polar surface area (TPSA) is 57.0 Å². The zero-order chi connectivity index (χ0) is 24.2. The van der Waals surface area contributed by atoms with E-state index in [0.717, 1.165) is 33.6 Å². The third-order valence-electron chi connectivity index (χ3n) is 5.00. The summed E-state index contributed by atoms with van der Waals surface area (Å²) in [5, 5.41) is 8.61. The Balaban J connectivity index is 1.70. The number of Topliss-reactive ketones (excluding diaryl/α,β-unsaturated/α-hetero) is 1. The van der Waals surface area contributed by atoms with Gasteiger partial charge in [-0.15, -0.1) is 10.2 Å². The molecule has 34 heavy (non-hydrogen) atoms. The summed E-state index contributed by atoms with van der Waals surface area (Å²) in [6.07, 6.45) is 0. The van der Waals surface area contributed by atoms with Gasteiger partial charge in [-0.3, -0.25) is 9.36 Å². The van der Waals surface area contributed by atoms with E-state index < -0.39 is 16.9 Å². The fourth-order valence-electron chi connectivity index (χ4n) is 3.32. The van der Waals surface area contributed by atoms with Crippen molar-refractivity contribution in [2.45, 2.75) is 24.3 Å². The molecule has 1 aromatic heterocycles. The Morgan fingerprint density at radius 1 is 1.03 bits per heavy atom. The largest absolute Gasteiger partial charge is 0.494 e. The molecule has 4 aromatic rings. The second kappa shape index (κ2) is 10.5. The fraction of sp³-hybridized carbons (Fsp3) is 0.160. The third kappa shape index (κ3) is 5.20. The van der Waals surface area contributed by atoms with E-state index in [1.54, 1.807) is 6.92 Å². The lowest BCUT2D eigenvalue weighted by atomic mass is 10.1. The SMILES string of the molecule is CCOc1ccc(-n2c(S[C@H](C)C(=O)c3ccc(F)c(F)c3)nnc2-c2ccc(Br)cc2)cc1. The Hall–Kier alpha value is -3.04. The molecule has 0 fully saturated rings. The summed E-state index contributed by atoms with van der Waals surface area (Å²) in [4.78, 5) is 12.9. The molecule has 9 heteroatoms. The second-order valence-corrected chi connectivity index (χ2v) is 9.55. The molecule has 0 amide bonds. The first-order chi connectivity index (χ1) is 16.4. The van der Waals surface area contributed by atoms with E-state index in [0.29, 0.717) is 17.6 Å². The Kier molecular flexibility index (Phi) is 7.43. The number of carbonyl (C=O) groups is 1. The minimum atomic E-state index is -1.06. The summed E-state index contributed by atoms with van der Waals surface area (Å²) in [6.45, 7) is 4.17. The Bertz CT molecular complexity index is 1310. The average Bonchev–Trinajstić information content (AvgIpc) is 3.25. The maximum absolute atomic E-state index is 13.6. The minimum absolute atomic E-state index is 0.0964. The number of thioether (sulfide) groups is 1. The van der Waals surface area contributed by atoms with Crippen molar-refractivity contribution in [1.82, 2.24) is 14.8 Å². The summed E-state index contributed by atoms with van der Waals surface area (Å²) in [5.41, 5.74) is 1.73. The lowest BCUT2D eigenvalue weighted by Crippen LogP contribution is -2.15. The number of benzene rings is 3. The van der Waals surface area contributed by atoms with Gasteiger partial charge in [-0.2, -0.15) is 0 Å². The molecule has 0 saturated carbocycles. The van der Waals surface area contributed by atoms with Gasteiger partial charge >= 0.3 is 0 Å². The molecular formula is C25H20BrF2N3O2S. The number of nitrogens with zero attached hydrogens (tertiary/aromatic N) is 3. The van der Waals surface area contributed by atoms with Crippen molar-refractivity contribution < 1.29 is 18.3 Å². The van der Waals surface area contributed by atoms with Crippen LogP contribution in [0.3, 0.4) is 0 Å². The van der Waals surface area contributed by atoms with Crippen molar-refractivity contribution in [3.63, 3.8) is 0 Å². The van der Waals surface area contributed by atoms with E-state index in [2.05, 4.69) is 26.1 Å². The predicted octanol–water partition coefficient (Wildman–Crippen LogP) is 6.74. The van der Waals surface area contributed by atoms with Crippen molar-refractivity contribution in [3.8, 4) is 22.8 Å². The van der Waals surface area contributed by atoms with Gasteiger partial charge in [0, 0.05) is 21.3 Å². The summed E-state index contributed by atoms with van der Waals surface area (Å²) in [7, 11) is 0. The molecule has 0 aliphatic heterocycles. The van der Waals surface area contributed by atoms with E-state index in [1.165, 1.54) is 17.8 Å². The highest BCUT2D eigenvalue weighted by Crippen LogP contribution is 2.32. The Morgan fingerprint density at radius 2 is 1.74 bits per heavy atom. The van der Waals surface area contributed by atoms with Gasteiger partial charge in [0.15, 0.2) is 28.4 Å². The quantitative estimate of drug-likeness (QED) is 0.182. The number of carbonyl (C=O) groups excluding carboxylic acids is 1. The number of hydrogen-bond donors (Lipinski definition) is 0. The minimum Gasteiger partial charge on any atom is -0.494 e. The molecule has 0 radical (unpaired) electrons. The number of hydrogen-bond acceptors (Lipinski definition) is 5. The van der Waals surface area contributed by atoms with E-state index in [9.17, 15) is 13.6 Å². The van der Waals surface area contributed by atoms with Crippen molar-refractivity contribution >= 4 is 33.5 Å². The van der Waals surface area contributed by atoms with Crippen LogP contribution in [0.1, 0.15) is 24.2 Å². The Morgan fingerprint density at radius 3 is 2.38 bits per heavy atom. The van der Waals surface area contributed by atoms with Crippen LogP contribution in [0.25, 0.3) is 17.1 Å². The van der Waals surface area contributed by atoms with Crippen LogP contribution in [-0.2, 0) is 0 Å². The lowest BCUT2D eigenvalue weighted by molar-refractivity contribution is 0.0993. The first-order valence-corrected chi connectivity index (χ1v) is 12.1. The van der Waals surface area contributed by atoms with Crippen LogP contribution >= 0.6 is 27.7 Å². The van der Waals surface area contributed by atoms with Crippen molar-refractivity contribution in [1.29, 1.82) is 0 Å². The van der Waals surface area contributed by atoms with Crippen LogP contribution in [0.5, 0.6) is 5.75 Å². The molecule has 4 rings (SSSR count). The number of aromatic nitrogens is 3. The molecule has 0 aliphatic rings. The van der Waals surface area contributed by atoms with E-state index in [-0.39, 0.29) is 11.3 Å². The fourth-order valence-corrected chi connectivity index (χ4v) is 4.53. The van der Waals surface area contributed by atoms with Crippen LogP contribution in [0.4, 0.5) is 8.78 Å². The van der Waals surface area contributed by atoms with Gasteiger partial charge in [-0.25, -0.2) is 8.78 Å². The molecule has 0 bridgehead atoms. The highest BCUT2D eigenvalue weighted by molar-refractivity contribution is 9.10. The number of ether oxygens (including phenoxy) is 1. The molecule has 174 valence electrons. The molecule has 0 saturated heterocycles. The Labute approximate surface area is 208 Å². The highest BCUT2D eigenvalue weighted by atomic mass is 79.9. The zero-order valence-electron chi connectivity index (χ0n) is 18.3. The number of rotatable bonds is 8. The van der Waals surface area contributed by atoms with Crippen LogP contribution in [0, 0.1) is 11.6 Å². The third-order valence-corrected chi connectivity index (χ3v) is 6.57. The maximum atomic E-state index is 13.6. The molecule has 5 nitrogen and oxygen atoms in total. The molecule has 3 aromatic carbocycles. The van der Waals surface area contributed by atoms with E-state index in [4.69, 9.17) is 4.74 Å². The molecule has 0 N–H and O–H groups in total. The molecular weight excluding hydrogens is 524 g/mol. The van der Waals surface area contributed by atoms with Crippen LogP contribution in [0.2, 0.25) is 0 Å². The van der Waals surface area contributed by atoms with Gasteiger partial charge < -0.3 is 4.74 Å². The van der Waals surface area contributed by atoms with Crippen molar-refractivity contribution in [2.24, 2.45) is 0 Å². The predicted molar refractivity (Wildman–Crippen MR) is 132 cm³/mol. The summed E-state index contributed by atoms with van der Waals surface area (Å²) >= 11 is 4.64. The van der Waals surface area contributed by atoms with E-state index in [1.807, 2.05) is 60.0 Å². The van der Waals surface area contributed by atoms with Crippen molar-refractivity contribution in [2.75, 3.05) is 6.61 Å². The van der Waals surface area contributed by atoms with Gasteiger partial charge in [-0.05, 0) is 68.4 Å². The summed E-state index contributed by atoms with van der Waals surface area (Å²) in [6, 6.07) is 18.3. The summed E-state index contributed by atoms with van der Waals surface area (Å²) in [5.74, 6) is -1.05. The molecule has 0 aliphatic carbocycles. The highest BCUT2D eigenvalue weighted by Gasteiger charge is 2.23. The standard InChI is InChI=1S/C25H20BrF2N3O2S/c1-3-33-20-11-9-19(10-12-20)31-24(16-4-7-18(26)8-5-16)29-30-25(31)34-15(2)23(32)17-6-13-21(27)22(28)14-17/h4-15H,3H2,1-2H3/t15-/m1/s1. The maximum Gasteiger partial charge on any atom is 0.196 e. The van der Waals surface area contributed by atoms with Gasteiger partial charge in [0.1, 0.15) is 5.75 Å². The van der Waals surface area contributed by atoms with Gasteiger partial charge in [-0.1, -0.05) is 39.8 Å². The normalized spacial score (nSPS) is 11.9.